The standard InChI is InChI=1S/C18H25F2N3O2/c1-22-8-10-23(11-9-22)14-2-3-15(17(24)25)16(12-14)21-13-4-6-18(19,20)7-5-13/h2-3,12-13,21H,4-11H2,1H3,(H,24,25). The van der Waals surface area contributed by atoms with Crippen molar-refractivity contribution in [2.45, 2.75) is 37.6 Å². The predicted octanol–water partition coefficient (Wildman–Crippen LogP) is 3.13. The fourth-order valence-corrected chi connectivity index (χ4v) is 3.50. The summed E-state index contributed by atoms with van der Waals surface area (Å²) in [4.78, 5) is 16.0. The van der Waals surface area contributed by atoms with E-state index < -0.39 is 11.9 Å². The Labute approximate surface area is 146 Å². The molecule has 1 aromatic carbocycles. The fraction of sp³-hybridized carbons (Fsp3) is 0.611. The maximum atomic E-state index is 13.3. The smallest absolute Gasteiger partial charge is 0.337 e. The van der Waals surface area contributed by atoms with Crippen LogP contribution in [0, 0.1) is 0 Å². The molecule has 2 aliphatic rings. The first-order valence-electron chi connectivity index (χ1n) is 8.79. The zero-order valence-electron chi connectivity index (χ0n) is 14.5. The lowest BCUT2D eigenvalue weighted by atomic mass is 9.92. The van der Waals surface area contributed by atoms with Crippen LogP contribution in [0.15, 0.2) is 18.2 Å². The van der Waals surface area contributed by atoms with Crippen LogP contribution >= 0.6 is 0 Å². The Morgan fingerprint density at radius 3 is 2.44 bits per heavy atom. The number of carboxylic acid groups (broad SMARTS) is 1. The molecule has 138 valence electrons. The zero-order chi connectivity index (χ0) is 18.0. The van der Waals surface area contributed by atoms with E-state index in [-0.39, 0.29) is 24.4 Å². The normalized spacial score (nSPS) is 22.0. The summed E-state index contributed by atoms with van der Waals surface area (Å²) in [5, 5.41) is 12.6. The molecule has 5 nitrogen and oxygen atoms in total. The van der Waals surface area contributed by atoms with Gasteiger partial charge in [-0.2, -0.15) is 0 Å². The van der Waals surface area contributed by atoms with Crippen molar-refractivity contribution in [1.29, 1.82) is 0 Å². The van der Waals surface area contributed by atoms with Crippen molar-refractivity contribution in [3.05, 3.63) is 23.8 Å². The number of piperazine rings is 1. The first kappa shape index (κ1) is 17.9. The summed E-state index contributed by atoms with van der Waals surface area (Å²) >= 11 is 0. The molecule has 2 N–H and O–H groups in total. The highest BCUT2D eigenvalue weighted by atomic mass is 19.3. The van der Waals surface area contributed by atoms with Crippen LogP contribution in [0.3, 0.4) is 0 Å². The van der Waals surface area contributed by atoms with Crippen LogP contribution in [-0.4, -0.2) is 61.2 Å². The van der Waals surface area contributed by atoms with Crippen LogP contribution in [0.2, 0.25) is 0 Å². The Bertz CT molecular complexity index is 621. The van der Waals surface area contributed by atoms with E-state index in [2.05, 4.69) is 22.2 Å². The molecule has 0 atom stereocenters. The van der Waals surface area contributed by atoms with E-state index in [1.807, 2.05) is 12.1 Å². The molecule has 1 aliphatic carbocycles. The van der Waals surface area contributed by atoms with Crippen LogP contribution in [0.4, 0.5) is 20.2 Å². The molecule has 0 aromatic heterocycles. The molecule has 1 heterocycles. The Morgan fingerprint density at radius 1 is 1.20 bits per heavy atom. The number of aromatic carboxylic acids is 1. The van der Waals surface area contributed by atoms with Crippen molar-refractivity contribution in [1.82, 2.24) is 4.90 Å². The average molecular weight is 353 g/mol. The first-order valence-corrected chi connectivity index (χ1v) is 8.79. The number of alkyl halides is 2. The highest BCUT2D eigenvalue weighted by Gasteiger charge is 2.35. The lowest BCUT2D eigenvalue weighted by molar-refractivity contribution is -0.0361. The minimum atomic E-state index is -2.59. The van der Waals surface area contributed by atoms with Gasteiger partial charge in [-0.05, 0) is 38.1 Å². The molecule has 0 unspecified atom stereocenters. The molecule has 1 saturated heterocycles. The van der Waals surface area contributed by atoms with E-state index in [4.69, 9.17) is 0 Å². The number of rotatable bonds is 4. The van der Waals surface area contributed by atoms with Crippen molar-refractivity contribution in [3.8, 4) is 0 Å². The second-order valence-corrected chi connectivity index (χ2v) is 7.10. The molecule has 1 saturated carbocycles. The number of hydrogen-bond donors (Lipinski definition) is 2. The summed E-state index contributed by atoms with van der Waals surface area (Å²) in [5.41, 5.74) is 1.69. The zero-order valence-corrected chi connectivity index (χ0v) is 14.5. The molecule has 2 fully saturated rings. The molecule has 1 aromatic rings. The van der Waals surface area contributed by atoms with Crippen molar-refractivity contribution in [3.63, 3.8) is 0 Å². The highest BCUT2D eigenvalue weighted by molar-refractivity contribution is 5.95. The average Bonchev–Trinajstić information content (AvgIpc) is 2.57. The number of carboxylic acids is 1. The topological polar surface area (TPSA) is 55.8 Å². The Balaban J connectivity index is 1.76. The summed E-state index contributed by atoms with van der Waals surface area (Å²) in [5.74, 6) is -3.59. The van der Waals surface area contributed by atoms with Crippen LogP contribution in [-0.2, 0) is 0 Å². The predicted molar refractivity (Wildman–Crippen MR) is 93.9 cm³/mol. The molecule has 7 heteroatoms. The van der Waals surface area contributed by atoms with Crippen LogP contribution in [0.25, 0.3) is 0 Å². The third kappa shape index (κ3) is 4.39. The molecular formula is C18H25F2N3O2. The number of benzene rings is 1. The van der Waals surface area contributed by atoms with E-state index in [0.717, 1.165) is 31.9 Å². The first-order chi connectivity index (χ1) is 11.8. The summed E-state index contributed by atoms with van der Waals surface area (Å²) in [6.07, 6.45) is 0.409. The summed E-state index contributed by atoms with van der Waals surface area (Å²) < 4.78 is 26.7. The van der Waals surface area contributed by atoms with Gasteiger partial charge in [-0.3, -0.25) is 0 Å². The van der Waals surface area contributed by atoms with Crippen LogP contribution in [0.5, 0.6) is 0 Å². The van der Waals surface area contributed by atoms with Gasteiger partial charge in [0.2, 0.25) is 5.92 Å². The lowest BCUT2D eigenvalue weighted by Gasteiger charge is -2.35. The minimum Gasteiger partial charge on any atom is -0.478 e. The Morgan fingerprint density at radius 2 is 1.84 bits per heavy atom. The molecule has 25 heavy (non-hydrogen) atoms. The number of likely N-dealkylation sites (N-methyl/N-ethyl adjacent to an activating group) is 1. The number of nitrogens with one attached hydrogen (secondary N) is 1. The third-order valence-corrected chi connectivity index (χ3v) is 5.18. The Kier molecular flexibility index (Phi) is 5.13. The van der Waals surface area contributed by atoms with Gasteiger partial charge in [0.1, 0.15) is 0 Å². The van der Waals surface area contributed by atoms with Crippen molar-refractivity contribution >= 4 is 17.3 Å². The van der Waals surface area contributed by atoms with Crippen molar-refractivity contribution in [2.75, 3.05) is 43.4 Å². The molecule has 0 amide bonds. The van der Waals surface area contributed by atoms with Gasteiger partial charge in [0.15, 0.2) is 0 Å². The second-order valence-electron chi connectivity index (χ2n) is 7.10. The van der Waals surface area contributed by atoms with Gasteiger partial charge in [0, 0.05) is 50.7 Å². The van der Waals surface area contributed by atoms with Gasteiger partial charge >= 0.3 is 5.97 Å². The number of carbonyl (C=O) groups is 1. The number of halogens is 2. The van der Waals surface area contributed by atoms with E-state index in [9.17, 15) is 18.7 Å². The summed E-state index contributed by atoms with van der Waals surface area (Å²) in [7, 11) is 2.08. The number of hydrogen-bond acceptors (Lipinski definition) is 4. The SMILES string of the molecule is CN1CCN(c2ccc(C(=O)O)c(NC3CCC(F)(F)CC3)c2)CC1. The lowest BCUT2D eigenvalue weighted by Crippen LogP contribution is -2.44. The van der Waals surface area contributed by atoms with Gasteiger partial charge in [-0.25, -0.2) is 13.6 Å². The number of anilines is 2. The maximum absolute atomic E-state index is 13.3. The molecule has 0 spiro atoms. The summed E-state index contributed by atoms with van der Waals surface area (Å²) in [6, 6.07) is 5.17. The van der Waals surface area contributed by atoms with E-state index in [1.165, 1.54) is 0 Å². The molecule has 1 aliphatic heterocycles. The third-order valence-electron chi connectivity index (χ3n) is 5.18. The highest BCUT2D eigenvalue weighted by Crippen LogP contribution is 2.35. The van der Waals surface area contributed by atoms with Gasteiger partial charge in [-0.15, -0.1) is 0 Å². The Hall–Kier alpha value is -1.89. The van der Waals surface area contributed by atoms with Gasteiger partial charge < -0.3 is 20.2 Å². The number of nitrogens with zero attached hydrogens (tertiary/aromatic N) is 2. The monoisotopic (exact) mass is 353 g/mol. The van der Waals surface area contributed by atoms with E-state index in [1.54, 1.807) is 6.07 Å². The molecular weight excluding hydrogens is 328 g/mol. The van der Waals surface area contributed by atoms with Crippen molar-refractivity contribution in [2.24, 2.45) is 0 Å². The van der Waals surface area contributed by atoms with E-state index >= 15 is 0 Å². The molecule has 0 radical (unpaired) electrons. The molecule has 3 rings (SSSR count). The second kappa shape index (κ2) is 7.15. The largest absolute Gasteiger partial charge is 0.478 e. The summed E-state index contributed by atoms with van der Waals surface area (Å²) in [6.45, 7) is 3.69. The fourth-order valence-electron chi connectivity index (χ4n) is 3.50. The van der Waals surface area contributed by atoms with Gasteiger partial charge in [0.25, 0.3) is 0 Å². The molecule has 0 bridgehead atoms. The maximum Gasteiger partial charge on any atom is 0.337 e. The van der Waals surface area contributed by atoms with Crippen LogP contribution < -0.4 is 10.2 Å². The van der Waals surface area contributed by atoms with E-state index in [0.29, 0.717) is 18.5 Å². The van der Waals surface area contributed by atoms with Gasteiger partial charge in [-0.1, -0.05) is 0 Å². The van der Waals surface area contributed by atoms with Crippen molar-refractivity contribution < 1.29 is 18.7 Å². The van der Waals surface area contributed by atoms with Crippen LogP contribution in [0.1, 0.15) is 36.0 Å². The minimum absolute atomic E-state index is 0.111. The quantitative estimate of drug-likeness (QED) is 0.871. The van der Waals surface area contributed by atoms with Gasteiger partial charge in [0.05, 0.1) is 11.3 Å².